The molecule has 0 atom stereocenters. The van der Waals surface area contributed by atoms with Crippen LogP contribution in [0.1, 0.15) is 5.56 Å². The molecule has 0 bridgehead atoms. The highest BCUT2D eigenvalue weighted by Gasteiger charge is 2.09. The fourth-order valence-electron chi connectivity index (χ4n) is 2.26. The third kappa shape index (κ3) is 2.79. The number of ether oxygens (including phenoxy) is 1. The Morgan fingerprint density at radius 2 is 1.95 bits per heavy atom. The van der Waals surface area contributed by atoms with E-state index in [1.54, 1.807) is 13.2 Å². The second-order valence-electron chi connectivity index (χ2n) is 4.65. The number of rotatable bonds is 3. The van der Waals surface area contributed by atoms with Crippen molar-refractivity contribution < 1.29 is 4.74 Å². The molecule has 1 heterocycles. The molecule has 0 radical (unpaired) electrons. The van der Waals surface area contributed by atoms with Crippen molar-refractivity contribution in [1.29, 1.82) is 0 Å². The van der Waals surface area contributed by atoms with Gasteiger partial charge in [0.15, 0.2) is 4.77 Å². The van der Waals surface area contributed by atoms with Crippen LogP contribution in [0.5, 0.6) is 5.75 Å². The van der Waals surface area contributed by atoms with E-state index in [0.717, 1.165) is 22.3 Å². The van der Waals surface area contributed by atoms with Crippen LogP contribution in [0.25, 0.3) is 11.0 Å². The molecule has 0 aliphatic rings. The summed E-state index contributed by atoms with van der Waals surface area (Å²) in [5.41, 5.74) is 2.90. The van der Waals surface area contributed by atoms with E-state index in [1.807, 2.05) is 34.9 Å². The first kappa shape index (κ1) is 14.4. The lowest BCUT2D eigenvalue weighted by atomic mass is 10.2. The summed E-state index contributed by atoms with van der Waals surface area (Å²) in [6.07, 6.45) is 0. The largest absolute Gasteiger partial charge is 0.497 e. The van der Waals surface area contributed by atoms with Gasteiger partial charge in [0, 0.05) is 0 Å². The molecule has 3 nitrogen and oxygen atoms in total. The average molecular weight is 339 g/mol. The maximum absolute atomic E-state index is 6.11. The highest BCUT2D eigenvalue weighted by molar-refractivity contribution is 7.71. The van der Waals surface area contributed by atoms with Gasteiger partial charge in [-0.3, -0.25) is 0 Å². The molecule has 0 aliphatic carbocycles. The zero-order chi connectivity index (χ0) is 15.0. The molecule has 0 saturated carbocycles. The quantitative estimate of drug-likeness (QED) is 0.676. The van der Waals surface area contributed by atoms with E-state index in [1.165, 1.54) is 0 Å². The molecule has 0 saturated heterocycles. The van der Waals surface area contributed by atoms with Crippen LogP contribution in [0.2, 0.25) is 10.0 Å². The normalized spacial score (nSPS) is 11.0. The molecular weight excluding hydrogens is 327 g/mol. The molecule has 3 rings (SSSR count). The molecule has 0 amide bonds. The van der Waals surface area contributed by atoms with Crippen LogP contribution < -0.4 is 4.74 Å². The Morgan fingerprint density at radius 1 is 1.19 bits per heavy atom. The highest BCUT2D eigenvalue weighted by Crippen LogP contribution is 2.28. The van der Waals surface area contributed by atoms with Crippen LogP contribution in [0.3, 0.4) is 0 Å². The van der Waals surface area contributed by atoms with Crippen molar-refractivity contribution in [3.05, 3.63) is 56.8 Å². The fraction of sp³-hybridized carbons (Fsp3) is 0.133. The Morgan fingerprint density at radius 3 is 2.71 bits per heavy atom. The topological polar surface area (TPSA) is 29.9 Å². The second kappa shape index (κ2) is 5.72. The van der Waals surface area contributed by atoms with Gasteiger partial charge in [0.2, 0.25) is 0 Å². The Bertz CT molecular complexity index is 870. The van der Waals surface area contributed by atoms with E-state index in [2.05, 4.69) is 4.98 Å². The minimum atomic E-state index is 0.508. The highest BCUT2D eigenvalue weighted by atomic mass is 35.5. The van der Waals surface area contributed by atoms with E-state index in [4.69, 9.17) is 40.2 Å². The van der Waals surface area contributed by atoms with E-state index in [9.17, 15) is 0 Å². The van der Waals surface area contributed by atoms with Gasteiger partial charge in [0.1, 0.15) is 5.75 Å². The smallest absolute Gasteiger partial charge is 0.178 e. The molecule has 0 spiro atoms. The summed E-state index contributed by atoms with van der Waals surface area (Å²) in [7, 11) is 1.65. The lowest BCUT2D eigenvalue weighted by molar-refractivity contribution is 0.414. The first-order valence-electron chi connectivity index (χ1n) is 6.29. The van der Waals surface area contributed by atoms with Gasteiger partial charge in [-0.15, -0.1) is 0 Å². The molecule has 0 aliphatic heterocycles. The summed E-state index contributed by atoms with van der Waals surface area (Å²) in [5.74, 6) is 0.819. The Kier molecular flexibility index (Phi) is 3.93. The second-order valence-corrected chi connectivity index (χ2v) is 5.85. The summed E-state index contributed by atoms with van der Waals surface area (Å²) in [6.45, 7) is 0.633. The van der Waals surface area contributed by atoms with Gasteiger partial charge in [0.05, 0.1) is 34.7 Å². The number of hydrogen-bond donors (Lipinski definition) is 1. The summed E-state index contributed by atoms with van der Waals surface area (Å²) < 4.78 is 7.86. The van der Waals surface area contributed by atoms with E-state index < -0.39 is 0 Å². The number of nitrogens with zero attached hydrogens (tertiary/aromatic N) is 1. The molecule has 21 heavy (non-hydrogen) atoms. The van der Waals surface area contributed by atoms with Crippen molar-refractivity contribution in [2.24, 2.45) is 0 Å². The Balaban J connectivity index is 2.09. The van der Waals surface area contributed by atoms with Crippen molar-refractivity contribution in [2.75, 3.05) is 7.11 Å². The van der Waals surface area contributed by atoms with Crippen LogP contribution in [0, 0.1) is 4.77 Å². The Hall–Kier alpha value is -1.49. The number of halogens is 2. The number of imidazole rings is 1. The van der Waals surface area contributed by atoms with Crippen LogP contribution in [0.4, 0.5) is 0 Å². The summed E-state index contributed by atoms with van der Waals surface area (Å²) in [5, 5.41) is 1.02. The lowest BCUT2D eigenvalue weighted by Crippen LogP contribution is -2.00. The molecule has 0 fully saturated rings. The third-order valence-electron chi connectivity index (χ3n) is 3.29. The zero-order valence-electron chi connectivity index (χ0n) is 11.2. The van der Waals surface area contributed by atoms with Crippen LogP contribution in [-0.2, 0) is 6.54 Å². The molecule has 3 aromatic rings. The van der Waals surface area contributed by atoms with Crippen molar-refractivity contribution in [3.63, 3.8) is 0 Å². The van der Waals surface area contributed by atoms with Crippen molar-refractivity contribution >= 4 is 46.5 Å². The van der Waals surface area contributed by atoms with Gasteiger partial charge in [-0.2, -0.15) is 0 Å². The van der Waals surface area contributed by atoms with Gasteiger partial charge < -0.3 is 14.3 Å². The number of nitrogens with one attached hydrogen (secondary N) is 1. The van der Waals surface area contributed by atoms with Crippen LogP contribution in [0.15, 0.2) is 36.4 Å². The summed E-state index contributed by atoms with van der Waals surface area (Å²) in [6, 6.07) is 11.5. The number of methoxy groups -OCH3 is 1. The van der Waals surface area contributed by atoms with Gasteiger partial charge in [-0.25, -0.2) is 0 Å². The number of aromatic amines is 1. The van der Waals surface area contributed by atoms with Gasteiger partial charge in [-0.05, 0) is 42.0 Å². The molecular formula is C15H12Cl2N2OS. The minimum Gasteiger partial charge on any atom is -0.497 e. The molecule has 0 unspecified atom stereocenters. The Labute approximate surface area is 137 Å². The maximum atomic E-state index is 6.11. The number of fused-ring (bicyclic) bond motifs is 1. The average Bonchev–Trinajstić information content (AvgIpc) is 2.76. The van der Waals surface area contributed by atoms with Gasteiger partial charge >= 0.3 is 0 Å². The fourth-order valence-corrected chi connectivity index (χ4v) is 2.86. The van der Waals surface area contributed by atoms with E-state index >= 15 is 0 Å². The van der Waals surface area contributed by atoms with Gasteiger partial charge in [0.25, 0.3) is 0 Å². The number of benzene rings is 2. The standard InChI is InChI=1S/C15H12Cl2N2OS/c1-20-10-4-2-3-9(5-10)8-19-14-7-12(17)11(16)6-13(14)18-15(19)21/h2-7H,8H2,1H3,(H,18,21). The molecule has 1 aromatic heterocycles. The number of aromatic nitrogens is 2. The predicted octanol–water partition coefficient (Wildman–Crippen LogP) is 5.06. The van der Waals surface area contributed by atoms with E-state index in [0.29, 0.717) is 21.4 Å². The van der Waals surface area contributed by atoms with E-state index in [-0.39, 0.29) is 0 Å². The van der Waals surface area contributed by atoms with Crippen LogP contribution >= 0.6 is 35.4 Å². The minimum absolute atomic E-state index is 0.508. The monoisotopic (exact) mass is 338 g/mol. The van der Waals surface area contributed by atoms with Crippen molar-refractivity contribution in [3.8, 4) is 5.75 Å². The SMILES string of the molecule is COc1cccc(Cn2c(=S)[nH]c3cc(Cl)c(Cl)cc32)c1. The molecule has 1 N–H and O–H groups in total. The van der Waals surface area contributed by atoms with Crippen molar-refractivity contribution in [2.45, 2.75) is 6.54 Å². The first-order chi connectivity index (χ1) is 10.1. The summed E-state index contributed by atoms with van der Waals surface area (Å²) in [4.78, 5) is 3.15. The van der Waals surface area contributed by atoms with Crippen LogP contribution in [-0.4, -0.2) is 16.7 Å². The zero-order valence-corrected chi connectivity index (χ0v) is 13.5. The summed E-state index contributed by atoms with van der Waals surface area (Å²) >= 11 is 17.5. The van der Waals surface area contributed by atoms with Crippen molar-refractivity contribution in [1.82, 2.24) is 9.55 Å². The number of H-pyrrole nitrogens is 1. The predicted molar refractivity (Wildman–Crippen MR) is 89.2 cm³/mol. The number of hydrogen-bond acceptors (Lipinski definition) is 2. The molecule has 2 aromatic carbocycles. The maximum Gasteiger partial charge on any atom is 0.178 e. The van der Waals surface area contributed by atoms with Gasteiger partial charge in [-0.1, -0.05) is 35.3 Å². The lowest BCUT2D eigenvalue weighted by Gasteiger charge is -2.07. The third-order valence-corrected chi connectivity index (χ3v) is 4.34. The first-order valence-corrected chi connectivity index (χ1v) is 7.45. The molecule has 6 heteroatoms. The molecule has 108 valence electrons.